The minimum Gasteiger partial charge on any atom is -0.406 e. The Hall–Kier alpha value is -6.52. The number of hydrogen-bond acceptors (Lipinski definition) is 9. The van der Waals surface area contributed by atoms with Gasteiger partial charge in [-0.05, 0) is 132 Å². The molecule has 4 aromatic carbocycles. The molecule has 0 atom stereocenters. The first kappa shape index (κ1) is 51.9. The zero-order valence-electron chi connectivity index (χ0n) is 37.3. The number of ether oxygens (including phenoxy) is 2. The zero-order chi connectivity index (χ0) is 50.0. The summed E-state index contributed by atoms with van der Waals surface area (Å²) in [4.78, 5) is 46.5. The molecule has 22 heteroatoms. The molecule has 4 amide bonds. The lowest BCUT2D eigenvalue weighted by molar-refractivity contribution is -0.275. The molecule has 3 heterocycles. The lowest BCUT2D eigenvalue weighted by Gasteiger charge is -2.27. The van der Waals surface area contributed by atoms with E-state index in [-0.39, 0.29) is 40.1 Å². The van der Waals surface area contributed by atoms with Gasteiger partial charge in [-0.15, -0.1) is 37.7 Å². The number of halogens is 8. The molecular weight excluding hydrogens is 1060 g/mol. The van der Waals surface area contributed by atoms with Crippen molar-refractivity contribution in [3.05, 3.63) is 147 Å². The van der Waals surface area contributed by atoms with Gasteiger partial charge in [-0.2, -0.15) is 0 Å². The molecule has 2 N–H and O–H groups in total. The minimum atomic E-state index is -4.79. The van der Waals surface area contributed by atoms with E-state index in [0.29, 0.717) is 30.3 Å². The standard InChI is InChI=1S/C26H25F3N6O2.C21H18Br2F3N3O2S/c1-17(2)35(25(36)33-21-7-9-22(10-8-21)37-26(27,28)29)15-19-5-4-6-20(13-19)23-14-24(32-16-31-23)34-12-11-30-18(34)3;1-12(2)29(11-13-4-3-5-14(8-13)19-27-10-18(23)32-19)20(30)28-17-7-6-15(9-16(17)22)31-21(24,25)26/h4-14,16-17H,15H2,1-3H3,(H,33,36);3-10,12H,11H2,1-2H3,(H,28,30). The minimum absolute atomic E-state index is 0.126. The molecular formula is C47H43Br2F6N9O4S. The van der Waals surface area contributed by atoms with Crippen molar-refractivity contribution in [1.29, 1.82) is 0 Å². The van der Waals surface area contributed by atoms with Crippen LogP contribution in [0.15, 0.2) is 130 Å². The normalized spacial score (nSPS) is 11.5. The van der Waals surface area contributed by atoms with Crippen LogP contribution in [0.5, 0.6) is 11.5 Å². The topological polar surface area (TPSA) is 140 Å². The van der Waals surface area contributed by atoms with E-state index in [1.54, 1.807) is 22.2 Å². The Bertz CT molecular complexity index is 2860. The molecule has 0 fully saturated rings. The summed E-state index contributed by atoms with van der Waals surface area (Å²) in [5.41, 5.74) is 5.02. The number of urea groups is 2. The van der Waals surface area contributed by atoms with Crippen molar-refractivity contribution in [2.75, 3.05) is 10.6 Å². The van der Waals surface area contributed by atoms with Crippen LogP contribution in [0.4, 0.5) is 47.3 Å². The summed E-state index contributed by atoms with van der Waals surface area (Å²) in [7, 11) is 0. The molecule has 0 aliphatic carbocycles. The van der Waals surface area contributed by atoms with Crippen molar-refractivity contribution < 1.29 is 45.4 Å². The van der Waals surface area contributed by atoms with Crippen LogP contribution in [0.3, 0.4) is 0 Å². The van der Waals surface area contributed by atoms with Gasteiger partial charge in [-0.25, -0.2) is 29.5 Å². The van der Waals surface area contributed by atoms with Crippen LogP contribution in [0.25, 0.3) is 27.6 Å². The molecule has 7 rings (SSSR count). The van der Waals surface area contributed by atoms with Crippen LogP contribution in [0.2, 0.25) is 0 Å². The van der Waals surface area contributed by atoms with Gasteiger partial charge in [0, 0.05) is 64.9 Å². The fourth-order valence-corrected chi connectivity index (χ4v) is 8.22. The number of thiazole rings is 1. The maximum atomic E-state index is 13.0. The number of carbonyl (C=O) groups is 2. The van der Waals surface area contributed by atoms with Crippen LogP contribution >= 0.6 is 43.2 Å². The molecule has 7 aromatic rings. The number of hydrogen-bond donors (Lipinski definition) is 2. The van der Waals surface area contributed by atoms with E-state index in [9.17, 15) is 35.9 Å². The highest BCUT2D eigenvalue weighted by molar-refractivity contribution is 9.11. The van der Waals surface area contributed by atoms with Gasteiger partial charge in [0.15, 0.2) is 0 Å². The Morgan fingerprint density at radius 2 is 1.29 bits per heavy atom. The summed E-state index contributed by atoms with van der Waals surface area (Å²) in [6, 6.07) is 24.9. The molecule has 13 nitrogen and oxygen atoms in total. The van der Waals surface area contributed by atoms with Gasteiger partial charge in [0.05, 0.1) is 21.4 Å². The highest BCUT2D eigenvalue weighted by Gasteiger charge is 2.32. The molecule has 0 saturated heterocycles. The highest BCUT2D eigenvalue weighted by Crippen LogP contribution is 2.33. The smallest absolute Gasteiger partial charge is 0.406 e. The third kappa shape index (κ3) is 15.2. The number of aryl methyl sites for hydroxylation is 1. The van der Waals surface area contributed by atoms with E-state index < -0.39 is 12.7 Å². The summed E-state index contributed by atoms with van der Waals surface area (Å²) in [5, 5.41) is 6.33. The second-order valence-electron chi connectivity index (χ2n) is 15.5. The van der Waals surface area contributed by atoms with Crippen LogP contribution in [-0.4, -0.2) is 71.2 Å². The first-order chi connectivity index (χ1) is 32.6. The fourth-order valence-electron chi connectivity index (χ4n) is 6.56. The Labute approximate surface area is 413 Å². The molecule has 69 heavy (non-hydrogen) atoms. The summed E-state index contributed by atoms with van der Waals surface area (Å²) in [6.07, 6.45) is -2.80. The first-order valence-corrected chi connectivity index (χ1v) is 23.2. The Morgan fingerprint density at radius 1 is 0.710 bits per heavy atom. The maximum absolute atomic E-state index is 13.0. The molecule has 0 aliphatic heterocycles. The van der Waals surface area contributed by atoms with Crippen LogP contribution < -0.4 is 20.1 Å². The Balaban J connectivity index is 0.000000229. The molecule has 0 aliphatic rings. The van der Waals surface area contributed by atoms with Crippen LogP contribution in [0.1, 0.15) is 44.6 Å². The number of carbonyl (C=O) groups excluding carboxylic acids is 2. The Kier molecular flexibility index (Phi) is 17.1. The predicted octanol–water partition coefficient (Wildman–Crippen LogP) is 13.7. The van der Waals surface area contributed by atoms with Gasteiger partial charge in [-0.1, -0.05) is 36.4 Å². The monoisotopic (exact) mass is 1100 g/mol. The maximum Gasteiger partial charge on any atom is 0.573 e. The second kappa shape index (κ2) is 22.7. The second-order valence-corrected chi connectivity index (χ2v) is 18.8. The van der Waals surface area contributed by atoms with Crippen molar-refractivity contribution in [2.24, 2.45) is 0 Å². The van der Waals surface area contributed by atoms with E-state index in [1.807, 2.05) is 100.0 Å². The molecule has 0 radical (unpaired) electrons. The number of amides is 4. The molecule has 0 spiro atoms. The number of nitrogens with zero attached hydrogens (tertiary/aromatic N) is 7. The average molecular weight is 1100 g/mol. The van der Waals surface area contributed by atoms with Gasteiger partial charge < -0.3 is 29.9 Å². The summed E-state index contributed by atoms with van der Waals surface area (Å²) in [5.74, 6) is 0.757. The van der Waals surface area contributed by atoms with Crippen molar-refractivity contribution >= 4 is 66.6 Å². The number of aromatic nitrogens is 5. The summed E-state index contributed by atoms with van der Waals surface area (Å²) in [6.45, 7) is 10.1. The Morgan fingerprint density at radius 3 is 1.84 bits per heavy atom. The van der Waals surface area contributed by atoms with Gasteiger partial charge in [0.1, 0.15) is 34.5 Å². The lowest BCUT2D eigenvalue weighted by Crippen LogP contribution is -2.39. The van der Waals surface area contributed by atoms with E-state index in [2.05, 4.69) is 71.9 Å². The number of anilines is 2. The van der Waals surface area contributed by atoms with Crippen molar-refractivity contribution in [2.45, 2.75) is 72.5 Å². The third-order valence-electron chi connectivity index (χ3n) is 9.83. The lowest BCUT2D eigenvalue weighted by atomic mass is 10.1. The molecule has 0 unspecified atom stereocenters. The zero-order valence-corrected chi connectivity index (χ0v) is 41.3. The van der Waals surface area contributed by atoms with Crippen molar-refractivity contribution in [3.63, 3.8) is 0 Å². The van der Waals surface area contributed by atoms with Crippen LogP contribution in [0, 0.1) is 6.92 Å². The quantitative estimate of drug-likeness (QED) is 0.109. The fraction of sp³-hybridized carbons (Fsp3) is 0.234. The van der Waals surface area contributed by atoms with E-state index in [0.717, 1.165) is 66.8 Å². The summed E-state index contributed by atoms with van der Waals surface area (Å²) < 4.78 is 85.2. The van der Waals surface area contributed by atoms with Crippen LogP contribution in [-0.2, 0) is 13.1 Å². The van der Waals surface area contributed by atoms with E-state index in [4.69, 9.17) is 0 Å². The molecule has 362 valence electrons. The van der Waals surface area contributed by atoms with E-state index in [1.165, 1.54) is 35.9 Å². The number of nitrogens with one attached hydrogen (secondary N) is 2. The number of imidazole rings is 1. The highest BCUT2D eigenvalue weighted by atomic mass is 79.9. The third-order valence-corrected chi connectivity index (χ3v) is 12.0. The summed E-state index contributed by atoms with van der Waals surface area (Å²) >= 11 is 8.11. The van der Waals surface area contributed by atoms with E-state index >= 15 is 0 Å². The molecule has 0 bridgehead atoms. The van der Waals surface area contributed by atoms with Gasteiger partial charge in [0.25, 0.3) is 0 Å². The predicted molar refractivity (Wildman–Crippen MR) is 258 cm³/mol. The SMILES string of the molecule is CC(C)N(Cc1cccc(-c2ncc(Br)s2)c1)C(=O)Nc1ccc(OC(F)(F)F)cc1Br.Cc1nccn1-c1cc(-c2cccc(CN(C(=O)Nc3ccc(OC(F)(F)F)cc3)C(C)C)c2)ncn1. The largest absolute Gasteiger partial charge is 0.573 e. The number of alkyl halides is 6. The first-order valence-electron chi connectivity index (χ1n) is 20.8. The van der Waals surface area contributed by atoms with Crippen molar-refractivity contribution in [3.8, 4) is 39.1 Å². The number of rotatable bonds is 13. The number of benzene rings is 4. The average Bonchev–Trinajstić information content (AvgIpc) is 3.93. The van der Waals surface area contributed by atoms with Crippen molar-refractivity contribution in [1.82, 2.24) is 34.3 Å². The van der Waals surface area contributed by atoms with Gasteiger partial charge >= 0.3 is 24.8 Å². The molecule has 0 saturated carbocycles. The van der Waals surface area contributed by atoms with Gasteiger partial charge in [0.2, 0.25) is 0 Å². The molecule has 3 aromatic heterocycles. The van der Waals surface area contributed by atoms with Gasteiger partial charge in [-0.3, -0.25) is 4.57 Å².